The molecular formula is C53H39N5OPt-2. The van der Waals surface area contributed by atoms with E-state index in [0.717, 1.165) is 67.0 Å². The number of para-hydroxylation sites is 2. The Morgan fingerprint density at radius 2 is 1.20 bits per heavy atom. The first-order chi connectivity index (χ1) is 28.9. The largest absolute Gasteiger partial charge is 0.510 e. The normalized spacial score (nSPS) is 11.4. The average molecular weight is 957 g/mol. The van der Waals surface area contributed by atoms with Crippen LogP contribution in [0.25, 0.3) is 72.6 Å². The predicted octanol–water partition coefficient (Wildman–Crippen LogP) is 12.1. The number of aromatic nitrogens is 5. The van der Waals surface area contributed by atoms with Crippen LogP contribution in [0.3, 0.4) is 0 Å². The molecule has 60 heavy (non-hydrogen) atoms. The number of hydrogen-bond acceptors (Lipinski definition) is 3. The molecule has 0 N–H and O–H groups in total. The predicted molar refractivity (Wildman–Crippen MR) is 235 cm³/mol. The smallest absolute Gasteiger partial charge is 0.231 e. The van der Waals surface area contributed by atoms with Crippen molar-refractivity contribution in [2.24, 2.45) is 0 Å². The number of ether oxygens (including phenoxy) is 1. The number of hydrogen-bond donors (Lipinski definition) is 0. The van der Waals surface area contributed by atoms with Gasteiger partial charge in [-0.05, 0) is 67.6 Å². The summed E-state index contributed by atoms with van der Waals surface area (Å²) in [6.45, 7) is 6.65. The van der Waals surface area contributed by atoms with Crippen LogP contribution in [-0.4, -0.2) is 19.3 Å². The van der Waals surface area contributed by atoms with E-state index < -0.39 is 0 Å². The van der Waals surface area contributed by atoms with Crippen LogP contribution >= 0.6 is 0 Å². The fourth-order valence-corrected chi connectivity index (χ4v) is 7.74. The molecule has 0 unspecified atom stereocenters. The molecule has 0 saturated heterocycles. The van der Waals surface area contributed by atoms with E-state index in [0.29, 0.717) is 17.2 Å². The minimum Gasteiger partial charge on any atom is -0.510 e. The minimum atomic E-state index is -0.0299. The Labute approximate surface area is 364 Å². The number of pyridine rings is 1. The Kier molecular flexibility index (Phi) is 10.3. The first-order valence-electron chi connectivity index (χ1n) is 19.8. The Morgan fingerprint density at radius 1 is 0.583 bits per heavy atom. The van der Waals surface area contributed by atoms with Gasteiger partial charge < -0.3 is 13.9 Å². The summed E-state index contributed by atoms with van der Waals surface area (Å²) >= 11 is 0. The van der Waals surface area contributed by atoms with Gasteiger partial charge in [0.15, 0.2) is 0 Å². The molecule has 0 saturated carbocycles. The van der Waals surface area contributed by atoms with Gasteiger partial charge >= 0.3 is 0 Å². The van der Waals surface area contributed by atoms with E-state index in [9.17, 15) is 0 Å². The van der Waals surface area contributed by atoms with Crippen LogP contribution in [-0.2, 0) is 26.5 Å². The standard InChI is InChI=1S/C53H39N5O.Pt/c1-53(2,3)40-31-32-54-50(33-40)58-48-28-14-13-25-46(48)47-30-29-43(35-49(47)58)59-42-24-15-23-41(34-42)57-36-56(52(55-57)39-21-11-6-12-22-39)51-44(37-17-7-4-8-18-37)26-16-27-45(51)38-19-9-5-10-20-38;/h4-33H,1-3H3;/q-2;. The first-order valence-corrected chi connectivity index (χ1v) is 19.8. The zero-order valence-electron chi connectivity index (χ0n) is 33.3. The molecular weight excluding hydrogens is 918 g/mol. The van der Waals surface area contributed by atoms with E-state index in [-0.39, 0.29) is 26.5 Å². The summed E-state index contributed by atoms with van der Waals surface area (Å²) < 4.78 is 12.6. The zero-order chi connectivity index (χ0) is 39.9. The summed E-state index contributed by atoms with van der Waals surface area (Å²) in [6, 6.07) is 67.2. The van der Waals surface area contributed by atoms with Crippen molar-refractivity contribution in [1.29, 1.82) is 0 Å². The first kappa shape index (κ1) is 38.6. The summed E-state index contributed by atoms with van der Waals surface area (Å²) in [7, 11) is 0. The Morgan fingerprint density at radius 3 is 1.88 bits per heavy atom. The monoisotopic (exact) mass is 956 g/mol. The summed E-state index contributed by atoms with van der Waals surface area (Å²) in [5, 5.41) is 7.40. The number of nitrogens with zero attached hydrogens (tertiary/aromatic N) is 5. The van der Waals surface area contributed by atoms with Gasteiger partial charge in [-0.25, -0.2) is 4.98 Å². The molecule has 3 heterocycles. The molecule has 10 rings (SSSR count). The van der Waals surface area contributed by atoms with Gasteiger partial charge in [0.1, 0.15) is 5.82 Å². The van der Waals surface area contributed by atoms with Gasteiger partial charge in [0.2, 0.25) is 12.2 Å². The van der Waals surface area contributed by atoms with Gasteiger partial charge in [0.25, 0.3) is 0 Å². The molecule has 7 aromatic carbocycles. The maximum Gasteiger partial charge on any atom is 0.231 e. The molecule has 0 amide bonds. The van der Waals surface area contributed by atoms with Crippen LogP contribution in [0.5, 0.6) is 11.5 Å². The maximum absolute atomic E-state index is 6.57. The topological polar surface area (TPSA) is 48.8 Å². The van der Waals surface area contributed by atoms with Crippen LogP contribution in [0.1, 0.15) is 26.3 Å². The van der Waals surface area contributed by atoms with Crippen molar-refractivity contribution in [2.45, 2.75) is 26.2 Å². The maximum atomic E-state index is 6.57. The molecule has 0 fully saturated rings. The SMILES string of the molecule is CC(C)(C)c1ccnc(-n2c3[c-]c(Oc4[c-]c(-n5[c-][n+](-c6c(-c7ccccc7)cccc6-c6ccccc6)c(-c6ccccc6)n5)ccc4)ccc3c3ccccc32)c1.[Pt]. The Hall–Kier alpha value is -6.88. The molecule has 0 spiro atoms. The van der Waals surface area contributed by atoms with Crippen LogP contribution in [0.15, 0.2) is 182 Å². The van der Waals surface area contributed by atoms with E-state index in [1.54, 1.807) is 4.68 Å². The van der Waals surface area contributed by atoms with E-state index in [1.807, 2.05) is 60.8 Å². The van der Waals surface area contributed by atoms with Crippen LogP contribution in [0, 0.1) is 18.5 Å². The number of benzene rings is 7. The molecule has 0 bridgehead atoms. The molecule has 294 valence electrons. The third-order valence-electron chi connectivity index (χ3n) is 10.7. The third-order valence-corrected chi connectivity index (χ3v) is 10.7. The fourth-order valence-electron chi connectivity index (χ4n) is 7.74. The number of rotatable bonds is 8. The quantitative estimate of drug-likeness (QED) is 0.113. The second-order valence-corrected chi connectivity index (χ2v) is 15.6. The van der Waals surface area contributed by atoms with Gasteiger partial charge in [-0.15, -0.1) is 29.7 Å². The van der Waals surface area contributed by atoms with E-state index in [2.05, 4.69) is 170 Å². The van der Waals surface area contributed by atoms with Crippen molar-refractivity contribution < 1.29 is 30.4 Å². The molecule has 7 heteroatoms. The van der Waals surface area contributed by atoms with Crippen molar-refractivity contribution in [3.8, 4) is 62.3 Å². The molecule has 6 nitrogen and oxygen atoms in total. The number of fused-ring (bicyclic) bond motifs is 3. The van der Waals surface area contributed by atoms with Gasteiger partial charge in [-0.2, -0.15) is 22.9 Å². The molecule has 0 atom stereocenters. The Bertz CT molecular complexity index is 3060. The third kappa shape index (κ3) is 7.25. The second-order valence-electron chi connectivity index (χ2n) is 15.6. The van der Waals surface area contributed by atoms with Crippen molar-refractivity contribution in [3.63, 3.8) is 0 Å². The van der Waals surface area contributed by atoms with E-state index in [4.69, 9.17) is 14.8 Å². The second kappa shape index (κ2) is 16.0. The molecule has 0 aliphatic heterocycles. The van der Waals surface area contributed by atoms with Crippen LogP contribution in [0.2, 0.25) is 0 Å². The Balaban J connectivity index is 0.00000462. The molecule has 10 aromatic rings. The fraction of sp³-hybridized carbons (Fsp3) is 0.0755. The zero-order valence-corrected chi connectivity index (χ0v) is 35.6. The molecule has 0 aliphatic rings. The summed E-state index contributed by atoms with van der Waals surface area (Å²) in [4.78, 5) is 4.83. The minimum absolute atomic E-state index is 0. The summed E-state index contributed by atoms with van der Waals surface area (Å²) in [5.74, 6) is 2.67. The van der Waals surface area contributed by atoms with Crippen LogP contribution < -0.4 is 9.30 Å². The van der Waals surface area contributed by atoms with Crippen molar-refractivity contribution in [1.82, 2.24) is 19.3 Å². The molecule has 0 radical (unpaired) electrons. The van der Waals surface area contributed by atoms with Gasteiger partial charge in [-0.3, -0.25) is 0 Å². The van der Waals surface area contributed by atoms with Gasteiger partial charge in [0.05, 0.1) is 0 Å². The van der Waals surface area contributed by atoms with Crippen molar-refractivity contribution >= 4 is 21.8 Å². The van der Waals surface area contributed by atoms with Crippen LogP contribution in [0.4, 0.5) is 0 Å². The van der Waals surface area contributed by atoms with Crippen molar-refractivity contribution in [2.75, 3.05) is 0 Å². The average Bonchev–Trinajstić information content (AvgIpc) is 3.87. The van der Waals surface area contributed by atoms with Gasteiger partial charge in [0, 0.05) is 55.5 Å². The molecule has 3 aromatic heterocycles. The molecule has 0 aliphatic carbocycles. The van der Waals surface area contributed by atoms with E-state index in [1.165, 1.54) is 5.56 Å². The van der Waals surface area contributed by atoms with E-state index >= 15 is 0 Å². The summed E-state index contributed by atoms with van der Waals surface area (Å²) in [6.07, 6.45) is 5.51. The summed E-state index contributed by atoms with van der Waals surface area (Å²) in [5.41, 5.74) is 10.1. The van der Waals surface area contributed by atoms with Crippen molar-refractivity contribution in [3.05, 3.63) is 206 Å². The van der Waals surface area contributed by atoms with Gasteiger partial charge in [-0.1, -0.05) is 154 Å².